The molecule has 1 rings (SSSR count). The van der Waals surface area contributed by atoms with Gasteiger partial charge in [0.1, 0.15) is 0 Å². The van der Waals surface area contributed by atoms with Crippen LogP contribution in [0.15, 0.2) is 30.3 Å². The Morgan fingerprint density at radius 1 is 1.29 bits per heavy atom. The molecule has 0 fully saturated rings. The van der Waals surface area contributed by atoms with Crippen molar-refractivity contribution in [2.75, 3.05) is 6.54 Å². The number of rotatable bonds is 6. The number of nitrogens with one attached hydrogen (secondary N) is 1. The van der Waals surface area contributed by atoms with E-state index in [0.717, 1.165) is 6.42 Å². The molecule has 0 bridgehead atoms. The highest BCUT2D eigenvalue weighted by Gasteiger charge is 2.10. The van der Waals surface area contributed by atoms with E-state index >= 15 is 0 Å². The topological polar surface area (TPSA) is 29.1 Å². The minimum atomic E-state index is 0.124. The summed E-state index contributed by atoms with van der Waals surface area (Å²) in [6.07, 6.45) is 1.36. The van der Waals surface area contributed by atoms with Crippen molar-refractivity contribution in [1.29, 1.82) is 0 Å². The summed E-state index contributed by atoms with van der Waals surface area (Å²) >= 11 is 3.55. The predicted octanol–water partition coefficient (Wildman–Crippen LogP) is 3.15. The lowest BCUT2D eigenvalue weighted by molar-refractivity contribution is -0.121. The summed E-state index contributed by atoms with van der Waals surface area (Å²) < 4.78 is 0. The zero-order valence-electron chi connectivity index (χ0n) is 10.4. The third-order valence-corrected chi connectivity index (χ3v) is 4.08. The summed E-state index contributed by atoms with van der Waals surface area (Å²) in [4.78, 5) is 12.0. The highest BCUT2D eigenvalue weighted by Crippen LogP contribution is 2.10. The van der Waals surface area contributed by atoms with Gasteiger partial charge < -0.3 is 5.32 Å². The van der Waals surface area contributed by atoms with Gasteiger partial charge in [-0.25, -0.2) is 0 Å². The first-order valence-electron chi connectivity index (χ1n) is 6.04. The number of benzene rings is 1. The number of hydrogen-bond donors (Lipinski definition) is 1. The molecule has 0 radical (unpaired) electrons. The third kappa shape index (κ3) is 5.87. The fourth-order valence-corrected chi connectivity index (χ4v) is 1.60. The average molecular weight is 298 g/mol. The monoisotopic (exact) mass is 297 g/mol. The molecule has 0 aromatic heterocycles. The summed E-state index contributed by atoms with van der Waals surface area (Å²) in [7, 11) is 0. The van der Waals surface area contributed by atoms with Crippen LogP contribution in [0.4, 0.5) is 0 Å². The maximum Gasteiger partial charge on any atom is 0.220 e. The Bertz CT molecular complexity index is 337. The molecule has 0 saturated heterocycles. The molecule has 1 aromatic carbocycles. The van der Waals surface area contributed by atoms with E-state index in [-0.39, 0.29) is 5.91 Å². The number of aryl methyl sites for hydroxylation is 1. The molecule has 0 aliphatic carbocycles. The molecule has 1 unspecified atom stereocenters. The van der Waals surface area contributed by atoms with Crippen molar-refractivity contribution < 1.29 is 4.79 Å². The summed E-state index contributed by atoms with van der Waals surface area (Å²) in [6.45, 7) is 4.97. The minimum absolute atomic E-state index is 0.124. The molecular formula is C14H20BrNO. The lowest BCUT2D eigenvalue weighted by atomic mass is 10.1. The van der Waals surface area contributed by atoms with Gasteiger partial charge in [-0.3, -0.25) is 4.79 Å². The van der Waals surface area contributed by atoms with E-state index in [1.54, 1.807) is 0 Å². The zero-order chi connectivity index (χ0) is 12.7. The van der Waals surface area contributed by atoms with Crippen LogP contribution in [0, 0.1) is 5.92 Å². The SMILES string of the molecule is CC(C)C(Br)CNC(=O)CCc1ccccc1. The van der Waals surface area contributed by atoms with Crippen molar-refractivity contribution in [3.05, 3.63) is 35.9 Å². The molecule has 2 nitrogen and oxygen atoms in total. The van der Waals surface area contributed by atoms with Crippen molar-refractivity contribution in [3.63, 3.8) is 0 Å². The quantitative estimate of drug-likeness (QED) is 0.803. The molecule has 0 aliphatic heterocycles. The molecule has 0 aliphatic rings. The predicted molar refractivity (Wildman–Crippen MR) is 75.3 cm³/mol. The van der Waals surface area contributed by atoms with E-state index in [4.69, 9.17) is 0 Å². The smallest absolute Gasteiger partial charge is 0.220 e. The summed E-state index contributed by atoms with van der Waals surface area (Å²) in [5, 5.41) is 2.95. The van der Waals surface area contributed by atoms with Crippen LogP contribution in [0.3, 0.4) is 0 Å². The fourth-order valence-electron chi connectivity index (χ4n) is 1.44. The van der Waals surface area contributed by atoms with E-state index in [0.29, 0.717) is 23.7 Å². The Hall–Kier alpha value is -0.830. The highest BCUT2D eigenvalue weighted by molar-refractivity contribution is 9.09. The molecule has 0 saturated carbocycles. The van der Waals surface area contributed by atoms with Crippen molar-refractivity contribution in [2.24, 2.45) is 5.92 Å². The maximum absolute atomic E-state index is 11.6. The van der Waals surface area contributed by atoms with Crippen molar-refractivity contribution in [2.45, 2.75) is 31.5 Å². The van der Waals surface area contributed by atoms with Gasteiger partial charge in [-0.05, 0) is 17.9 Å². The van der Waals surface area contributed by atoms with Crippen LogP contribution in [0.1, 0.15) is 25.8 Å². The number of carbonyl (C=O) groups excluding carboxylic acids is 1. The second kappa shape index (κ2) is 7.49. The van der Waals surface area contributed by atoms with Crippen LogP contribution in [0.5, 0.6) is 0 Å². The number of halogens is 1. The Morgan fingerprint density at radius 3 is 2.53 bits per heavy atom. The van der Waals surface area contributed by atoms with E-state index < -0.39 is 0 Å². The average Bonchev–Trinajstić information content (AvgIpc) is 2.34. The first-order chi connectivity index (χ1) is 8.09. The molecule has 1 N–H and O–H groups in total. The summed E-state index contributed by atoms with van der Waals surface area (Å²) in [6, 6.07) is 10.1. The summed E-state index contributed by atoms with van der Waals surface area (Å²) in [5.41, 5.74) is 1.21. The Balaban J connectivity index is 2.22. The molecule has 0 spiro atoms. The lowest BCUT2D eigenvalue weighted by Gasteiger charge is -2.14. The van der Waals surface area contributed by atoms with Gasteiger partial charge in [0, 0.05) is 17.8 Å². The van der Waals surface area contributed by atoms with Gasteiger partial charge in [0.05, 0.1) is 0 Å². The molecule has 3 heteroatoms. The van der Waals surface area contributed by atoms with Gasteiger partial charge in [-0.15, -0.1) is 0 Å². The Morgan fingerprint density at radius 2 is 1.94 bits per heavy atom. The molecule has 17 heavy (non-hydrogen) atoms. The normalized spacial score (nSPS) is 12.5. The van der Waals surface area contributed by atoms with E-state index in [2.05, 4.69) is 47.2 Å². The largest absolute Gasteiger partial charge is 0.355 e. The second-order valence-electron chi connectivity index (χ2n) is 4.55. The van der Waals surface area contributed by atoms with Gasteiger partial charge in [-0.2, -0.15) is 0 Å². The van der Waals surface area contributed by atoms with Gasteiger partial charge >= 0.3 is 0 Å². The third-order valence-electron chi connectivity index (χ3n) is 2.70. The molecule has 1 atom stereocenters. The number of hydrogen-bond acceptors (Lipinski definition) is 1. The standard InChI is InChI=1S/C14H20BrNO/c1-11(2)13(15)10-16-14(17)9-8-12-6-4-3-5-7-12/h3-7,11,13H,8-10H2,1-2H3,(H,16,17). The number of alkyl halides is 1. The van der Waals surface area contributed by atoms with Gasteiger partial charge in [0.2, 0.25) is 5.91 Å². The highest BCUT2D eigenvalue weighted by atomic mass is 79.9. The molecule has 1 amide bonds. The fraction of sp³-hybridized carbons (Fsp3) is 0.500. The van der Waals surface area contributed by atoms with Crippen molar-refractivity contribution in [3.8, 4) is 0 Å². The molecule has 94 valence electrons. The Labute approximate surface area is 112 Å². The van der Waals surface area contributed by atoms with Crippen LogP contribution in [-0.4, -0.2) is 17.3 Å². The zero-order valence-corrected chi connectivity index (χ0v) is 12.0. The van der Waals surface area contributed by atoms with Gasteiger partial charge in [-0.1, -0.05) is 60.1 Å². The Kier molecular flexibility index (Phi) is 6.27. The first kappa shape index (κ1) is 14.2. The maximum atomic E-state index is 11.6. The van der Waals surface area contributed by atoms with E-state index in [1.165, 1.54) is 5.56 Å². The molecule has 1 aromatic rings. The molecule has 0 heterocycles. The van der Waals surface area contributed by atoms with E-state index in [9.17, 15) is 4.79 Å². The van der Waals surface area contributed by atoms with Gasteiger partial charge in [0.25, 0.3) is 0 Å². The van der Waals surface area contributed by atoms with E-state index in [1.807, 2.05) is 18.2 Å². The number of amides is 1. The van der Waals surface area contributed by atoms with Crippen LogP contribution in [0.25, 0.3) is 0 Å². The lowest BCUT2D eigenvalue weighted by Crippen LogP contribution is -2.31. The second-order valence-corrected chi connectivity index (χ2v) is 5.73. The molecular weight excluding hydrogens is 278 g/mol. The van der Waals surface area contributed by atoms with Crippen LogP contribution >= 0.6 is 15.9 Å². The van der Waals surface area contributed by atoms with Crippen LogP contribution in [0.2, 0.25) is 0 Å². The number of carbonyl (C=O) groups is 1. The first-order valence-corrected chi connectivity index (χ1v) is 6.96. The van der Waals surface area contributed by atoms with Crippen molar-refractivity contribution >= 4 is 21.8 Å². The van der Waals surface area contributed by atoms with Crippen molar-refractivity contribution in [1.82, 2.24) is 5.32 Å². The summed E-state index contributed by atoms with van der Waals surface area (Å²) in [5.74, 6) is 0.656. The van der Waals surface area contributed by atoms with Gasteiger partial charge in [0.15, 0.2) is 0 Å². The van der Waals surface area contributed by atoms with Crippen LogP contribution < -0.4 is 5.32 Å². The van der Waals surface area contributed by atoms with Crippen LogP contribution in [-0.2, 0) is 11.2 Å². The minimum Gasteiger partial charge on any atom is -0.355 e.